The first-order valence-electron chi connectivity index (χ1n) is 8.98. The third kappa shape index (κ3) is 1.83. The van der Waals surface area contributed by atoms with Crippen LogP contribution in [0.5, 0.6) is 0 Å². The van der Waals surface area contributed by atoms with Gasteiger partial charge < -0.3 is 0 Å². The minimum atomic E-state index is 0.342. The number of pyridine rings is 1. The van der Waals surface area contributed by atoms with E-state index in [-0.39, 0.29) is 0 Å². The van der Waals surface area contributed by atoms with Crippen molar-refractivity contribution in [3.05, 3.63) is 29.6 Å². The van der Waals surface area contributed by atoms with E-state index in [1.807, 2.05) is 0 Å². The van der Waals surface area contributed by atoms with Gasteiger partial charge in [-0.2, -0.15) is 4.57 Å². The van der Waals surface area contributed by atoms with Crippen LogP contribution in [0.15, 0.2) is 18.2 Å². The van der Waals surface area contributed by atoms with Gasteiger partial charge in [0.25, 0.3) is 6.29 Å². The largest absolute Gasteiger partial charge is 0.271 e. The van der Waals surface area contributed by atoms with Crippen LogP contribution in [0.3, 0.4) is 0 Å². The third-order valence-corrected chi connectivity index (χ3v) is 6.38. The summed E-state index contributed by atoms with van der Waals surface area (Å²) in [4.78, 5) is 0. The lowest BCUT2D eigenvalue weighted by Crippen LogP contribution is -2.72. The van der Waals surface area contributed by atoms with Gasteiger partial charge in [0.15, 0.2) is 11.4 Å². The predicted octanol–water partition coefficient (Wildman–Crippen LogP) is 2.69. The smallest absolute Gasteiger partial charge is 0.241 e. The molecule has 2 aliphatic carbocycles. The van der Waals surface area contributed by atoms with Crippen molar-refractivity contribution in [2.75, 3.05) is 0 Å². The Morgan fingerprint density at radius 3 is 1.86 bits per heavy atom. The molecule has 4 aliphatic rings. The summed E-state index contributed by atoms with van der Waals surface area (Å²) in [5.74, 6) is 1.47. The number of nitrogens with zero attached hydrogens (tertiary/aromatic N) is 1. The van der Waals surface area contributed by atoms with Crippen LogP contribution in [0.4, 0.5) is 0 Å². The first kappa shape index (κ1) is 12.6. The topological polar surface area (TPSA) is 27.9 Å². The van der Waals surface area contributed by atoms with Crippen molar-refractivity contribution in [2.24, 2.45) is 0 Å². The maximum Gasteiger partial charge on any atom is 0.271 e. The molecule has 1 aromatic heterocycles. The number of nitrogens with one attached hydrogen (secondary N) is 2. The summed E-state index contributed by atoms with van der Waals surface area (Å²) in [7, 11) is 0. The molecule has 4 unspecified atom stereocenters. The Kier molecular flexibility index (Phi) is 2.87. The number of hydrogen-bond donors (Lipinski definition) is 2. The van der Waals surface area contributed by atoms with E-state index in [4.69, 9.17) is 0 Å². The first-order chi connectivity index (χ1) is 10.4. The molecule has 2 aliphatic heterocycles. The summed E-state index contributed by atoms with van der Waals surface area (Å²) in [5, 5.41) is 7.88. The summed E-state index contributed by atoms with van der Waals surface area (Å²) in [6.45, 7) is 0. The fraction of sp³-hybridized carbons (Fsp3) is 0.722. The summed E-state index contributed by atoms with van der Waals surface area (Å²) in [5.41, 5.74) is 3.19. The zero-order chi connectivity index (χ0) is 13.8. The van der Waals surface area contributed by atoms with E-state index in [2.05, 4.69) is 33.4 Å². The molecule has 0 saturated heterocycles. The molecular weight excluding hydrogens is 258 g/mol. The molecule has 3 heterocycles. The maximum atomic E-state index is 3.94. The quantitative estimate of drug-likeness (QED) is 0.717. The van der Waals surface area contributed by atoms with Crippen molar-refractivity contribution in [3.8, 4) is 0 Å². The van der Waals surface area contributed by atoms with Gasteiger partial charge >= 0.3 is 0 Å². The van der Waals surface area contributed by atoms with Gasteiger partial charge in [-0.3, -0.25) is 0 Å². The molecular formula is C18H26N3+. The minimum absolute atomic E-state index is 0.342. The molecule has 0 bridgehead atoms. The third-order valence-electron chi connectivity index (χ3n) is 6.38. The highest BCUT2D eigenvalue weighted by Gasteiger charge is 2.49. The normalized spacial score (nSPS) is 40.9. The highest BCUT2D eigenvalue weighted by molar-refractivity contribution is 5.18. The Bertz CT molecular complexity index is 511. The zero-order valence-corrected chi connectivity index (χ0v) is 12.7. The molecule has 2 fully saturated rings. The predicted molar refractivity (Wildman–Crippen MR) is 81.9 cm³/mol. The molecule has 2 saturated carbocycles. The van der Waals surface area contributed by atoms with Crippen LogP contribution < -0.4 is 15.2 Å². The molecule has 112 valence electrons. The first-order valence-corrected chi connectivity index (χ1v) is 8.98. The lowest BCUT2D eigenvalue weighted by Gasteiger charge is -2.44. The second-order valence-electron chi connectivity index (χ2n) is 7.48. The van der Waals surface area contributed by atoms with Gasteiger partial charge in [-0.25, -0.2) is 10.6 Å². The highest BCUT2D eigenvalue weighted by atomic mass is 15.4. The van der Waals surface area contributed by atoms with Crippen LogP contribution in [0.25, 0.3) is 0 Å². The molecule has 1 aromatic rings. The Hall–Kier alpha value is -0.930. The minimum Gasteiger partial charge on any atom is -0.241 e. The van der Waals surface area contributed by atoms with E-state index in [0.717, 1.165) is 11.8 Å². The monoisotopic (exact) mass is 284 g/mol. The Morgan fingerprint density at radius 1 is 0.762 bits per heavy atom. The van der Waals surface area contributed by atoms with Crippen LogP contribution in [0, 0.1) is 0 Å². The van der Waals surface area contributed by atoms with Gasteiger partial charge in [-0.1, -0.05) is 25.7 Å². The van der Waals surface area contributed by atoms with E-state index < -0.39 is 0 Å². The average Bonchev–Trinajstić information content (AvgIpc) is 2.55. The van der Waals surface area contributed by atoms with Gasteiger partial charge in [-0.15, -0.1) is 0 Å². The van der Waals surface area contributed by atoms with Gasteiger partial charge in [0, 0.05) is 24.2 Å². The van der Waals surface area contributed by atoms with Gasteiger partial charge in [0.1, 0.15) is 0 Å². The maximum absolute atomic E-state index is 3.94. The Balaban J connectivity index is 1.63. The van der Waals surface area contributed by atoms with Gasteiger partial charge in [-0.05, 0) is 31.7 Å². The molecule has 2 N–H and O–H groups in total. The number of fused-ring (bicyclic) bond motifs is 4. The number of hydrogen-bond acceptors (Lipinski definition) is 2. The second kappa shape index (κ2) is 4.79. The Labute approximate surface area is 127 Å². The standard InChI is InChI=1S/C18H26N3/c1-3-8-14-12(6-1)16-10-5-11-17-13-7-2-4-9-15(13)20-18(19-14)21(16)17/h5,10-15,18-20H,1-4,6-9H2/q+1. The lowest BCUT2D eigenvalue weighted by atomic mass is 9.77. The Morgan fingerprint density at radius 2 is 1.29 bits per heavy atom. The molecule has 21 heavy (non-hydrogen) atoms. The van der Waals surface area contributed by atoms with E-state index in [1.54, 1.807) is 11.4 Å². The van der Waals surface area contributed by atoms with Crippen LogP contribution in [-0.4, -0.2) is 12.1 Å². The zero-order valence-electron chi connectivity index (χ0n) is 12.7. The SMILES string of the molecule is c1cc2[n+]3c(c1)C1CCCCC1NC3NC1CCCCC21. The van der Waals surface area contributed by atoms with Crippen molar-refractivity contribution in [1.29, 1.82) is 0 Å². The van der Waals surface area contributed by atoms with Crippen LogP contribution in [0.1, 0.15) is 80.9 Å². The summed E-state index contributed by atoms with van der Waals surface area (Å²) >= 11 is 0. The molecule has 0 amide bonds. The van der Waals surface area contributed by atoms with Crippen molar-refractivity contribution < 1.29 is 4.57 Å². The van der Waals surface area contributed by atoms with Crippen LogP contribution in [-0.2, 0) is 0 Å². The second-order valence-corrected chi connectivity index (χ2v) is 7.48. The van der Waals surface area contributed by atoms with E-state index in [1.165, 1.54) is 51.4 Å². The molecule has 4 atom stereocenters. The van der Waals surface area contributed by atoms with Gasteiger partial charge in [0.05, 0.1) is 11.8 Å². The van der Waals surface area contributed by atoms with Crippen LogP contribution in [0.2, 0.25) is 0 Å². The van der Waals surface area contributed by atoms with Gasteiger partial charge in [0.2, 0.25) is 0 Å². The van der Waals surface area contributed by atoms with E-state index in [9.17, 15) is 0 Å². The van der Waals surface area contributed by atoms with Crippen molar-refractivity contribution in [2.45, 2.75) is 81.6 Å². The molecule has 0 radical (unpaired) electrons. The summed E-state index contributed by atoms with van der Waals surface area (Å²) in [6.07, 6.45) is 11.4. The molecule has 0 spiro atoms. The van der Waals surface area contributed by atoms with Crippen molar-refractivity contribution in [3.63, 3.8) is 0 Å². The lowest BCUT2D eigenvalue weighted by molar-refractivity contribution is -0.763. The average molecular weight is 284 g/mol. The van der Waals surface area contributed by atoms with E-state index >= 15 is 0 Å². The number of rotatable bonds is 0. The fourth-order valence-corrected chi connectivity index (χ4v) is 5.43. The molecule has 3 heteroatoms. The summed E-state index contributed by atoms with van der Waals surface area (Å²) in [6, 6.07) is 8.49. The number of aromatic nitrogens is 1. The van der Waals surface area contributed by atoms with Crippen molar-refractivity contribution >= 4 is 0 Å². The fourth-order valence-electron chi connectivity index (χ4n) is 5.43. The van der Waals surface area contributed by atoms with Crippen molar-refractivity contribution in [1.82, 2.24) is 10.6 Å². The molecule has 5 rings (SSSR count). The molecule has 0 aromatic carbocycles. The molecule has 3 nitrogen and oxygen atoms in total. The van der Waals surface area contributed by atoms with E-state index in [0.29, 0.717) is 18.4 Å². The van der Waals surface area contributed by atoms with Crippen LogP contribution >= 0.6 is 0 Å². The highest BCUT2D eigenvalue weighted by Crippen LogP contribution is 2.40. The summed E-state index contributed by atoms with van der Waals surface area (Å²) < 4.78 is 2.62.